The van der Waals surface area contributed by atoms with Crippen LogP contribution in [-0.4, -0.2) is 20.1 Å². The lowest BCUT2D eigenvalue weighted by atomic mass is 10.1. The molecular weight excluding hydrogens is 308 g/mol. The van der Waals surface area contributed by atoms with Crippen molar-refractivity contribution in [2.24, 2.45) is 0 Å². The molecule has 0 unspecified atom stereocenters. The van der Waals surface area contributed by atoms with E-state index in [1.165, 1.54) is 0 Å². The van der Waals surface area contributed by atoms with Crippen LogP contribution in [0.1, 0.15) is 11.4 Å². The highest BCUT2D eigenvalue weighted by molar-refractivity contribution is 9.10. The summed E-state index contributed by atoms with van der Waals surface area (Å²) in [6.07, 6.45) is 5.40. The Labute approximate surface area is 117 Å². The van der Waals surface area contributed by atoms with Crippen LogP contribution >= 0.6 is 15.9 Å². The van der Waals surface area contributed by atoms with Crippen molar-refractivity contribution in [3.8, 4) is 11.6 Å². The van der Waals surface area contributed by atoms with Crippen molar-refractivity contribution in [2.75, 3.05) is 0 Å². The molecule has 0 amide bonds. The van der Waals surface area contributed by atoms with E-state index in [0.29, 0.717) is 23.8 Å². The van der Waals surface area contributed by atoms with Crippen LogP contribution in [0.25, 0.3) is 11.6 Å². The largest absolute Gasteiger partial charge is 0.332 e. The Morgan fingerprint density at radius 2 is 2.16 bits per heavy atom. The average molecular weight is 317 g/mol. The molecule has 0 radical (unpaired) electrons. The first-order valence-corrected chi connectivity index (χ1v) is 6.44. The van der Waals surface area contributed by atoms with Gasteiger partial charge in [0, 0.05) is 23.3 Å². The van der Waals surface area contributed by atoms with E-state index < -0.39 is 0 Å². The van der Waals surface area contributed by atoms with Gasteiger partial charge in [0.05, 0.1) is 6.20 Å². The number of benzene rings is 1. The molecule has 0 saturated carbocycles. The summed E-state index contributed by atoms with van der Waals surface area (Å²) in [4.78, 5) is 12.4. The molecule has 94 valence electrons. The third-order valence-electron chi connectivity index (χ3n) is 2.50. The molecule has 0 aliphatic carbocycles. The standard InChI is InChI=1S/C13H9BrN4O/c14-10-3-1-2-9(6-10)7-12-17-13(19-18-12)11-8-15-4-5-16-11/h1-6,8H,7H2. The van der Waals surface area contributed by atoms with Crippen molar-refractivity contribution in [2.45, 2.75) is 6.42 Å². The van der Waals surface area contributed by atoms with Gasteiger partial charge in [0.2, 0.25) is 0 Å². The van der Waals surface area contributed by atoms with Gasteiger partial charge in [-0.3, -0.25) is 4.98 Å². The van der Waals surface area contributed by atoms with Crippen LogP contribution in [-0.2, 0) is 6.42 Å². The number of halogens is 1. The number of rotatable bonds is 3. The van der Waals surface area contributed by atoms with Crippen molar-refractivity contribution in [3.05, 3.63) is 58.7 Å². The Morgan fingerprint density at radius 1 is 1.21 bits per heavy atom. The van der Waals surface area contributed by atoms with E-state index in [2.05, 4.69) is 36.0 Å². The summed E-state index contributed by atoms with van der Waals surface area (Å²) >= 11 is 3.43. The van der Waals surface area contributed by atoms with Gasteiger partial charge in [-0.15, -0.1) is 0 Å². The minimum absolute atomic E-state index is 0.387. The number of hydrogen-bond donors (Lipinski definition) is 0. The molecule has 3 rings (SSSR count). The van der Waals surface area contributed by atoms with Crippen LogP contribution in [0.3, 0.4) is 0 Å². The minimum atomic E-state index is 0.387. The maximum Gasteiger partial charge on any atom is 0.278 e. The molecule has 19 heavy (non-hydrogen) atoms. The molecule has 0 aliphatic heterocycles. The molecule has 0 aliphatic rings. The molecule has 3 aromatic rings. The summed E-state index contributed by atoms with van der Waals surface area (Å²) in [6, 6.07) is 8.00. The van der Waals surface area contributed by atoms with E-state index in [9.17, 15) is 0 Å². The third kappa shape index (κ3) is 2.85. The highest BCUT2D eigenvalue weighted by atomic mass is 79.9. The molecule has 2 heterocycles. The van der Waals surface area contributed by atoms with Gasteiger partial charge in [0.1, 0.15) is 5.69 Å². The molecule has 0 N–H and O–H groups in total. The zero-order chi connectivity index (χ0) is 13.1. The molecule has 6 heteroatoms. The Hall–Kier alpha value is -2.08. The highest BCUT2D eigenvalue weighted by Gasteiger charge is 2.10. The van der Waals surface area contributed by atoms with E-state index >= 15 is 0 Å². The SMILES string of the molecule is Brc1cccc(Cc2noc(-c3cnccn3)n2)c1. The van der Waals surface area contributed by atoms with Crippen LogP contribution in [0.5, 0.6) is 0 Å². The van der Waals surface area contributed by atoms with Crippen molar-refractivity contribution in [1.29, 1.82) is 0 Å². The summed E-state index contributed by atoms with van der Waals surface area (Å²) in [6.45, 7) is 0. The zero-order valence-corrected chi connectivity index (χ0v) is 11.4. The monoisotopic (exact) mass is 316 g/mol. The lowest BCUT2D eigenvalue weighted by molar-refractivity contribution is 0.422. The third-order valence-corrected chi connectivity index (χ3v) is 2.99. The molecule has 5 nitrogen and oxygen atoms in total. The maximum atomic E-state index is 5.18. The fourth-order valence-electron chi connectivity index (χ4n) is 1.67. The Kier molecular flexibility index (Phi) is 3.33. The quantitative estimate of drug-likeness (QED) is 0.743. The first-order valence-electron chi connectivity index (χ1n) is 5.65. The van der Waals surface area contributed by atoms with E-state index in [1.54, 1.807) is 18.6 Å². The maximum absolute atomic E-state index is 5.18. The van der Waals surface area contributed by atoms with Gasteiger partial charge < -0.3 is 4.52 Å². The Balaban J connectivity index is 1.82. The topological polar surface area (TPSA) is 64.7 Å². The zero-order valence-electron chi connectivity index (χ0n) is 9.82. The van der Waals surface area contributed by atoms with E-state index in [4.69, 9.17) is 4.52 Å². The molecular formula is C13H9BrN4O. The van der Waals surface area contributed by atoms with Gasteiger partial charge in [0.25, 0.3) is 5.89 Å². The molecule has 2 aromatic heterocycles. The lowest BCUT2D eigenvalue weighted by Crippen LogP contribution is -1.91. The fourth-order valence-corrected chi connectivity index (χ4v) is 2.12. The predicted molar refractivity (Wildman–Crippen MR) is 72.3 cm³/mol. The van der Waals surface area contributed by atoms with Crippen LogP contribution in [0.15, 0.2) is 51.9 Å². The van der Waals surface area contributed by atoms with Gasteiger partial charge >= 0.3 is 0 Å². The van der Waals surface area contributed by atoms with Gasteiger partial charge in [-0.1, -0.05) is 33.2 Å². The van der Waals surface area contributed by atoms with E-state index in [1.807, 2.05) is 24.3 Å². The summed E-state index contributed by atoms with van der Waals surface area (Å²) in [5.74, 6) is 1.01. The van der Waals surface area contributed by atoms with Gasteiger partial charge in [-0.25, -0.2) is 4.98 Å². The lowest BCUT2D eigenvalue weighted by Gasteiger charge is -1.96. The normalized spacial score (nSPS) is 10.6. The van der Waals surface area contributed by atoms with Crippen LogP contribution in [0.4, 0.5) is 0 Å². The second-order valence-corrected chi connectivity index (χ2v) is 4.83. The Bertz CT molecular complexity index is 684. The van der Waals surface area contributed by atoms with Crippen LogP contribution < -0.4 is 0 Å². The predicted octanol–water partition coefficient (Wildman–Crippen LogP) is 2.88. The van der Waals surface area contributed by atoms with Gasteiger partial charge in [0.15, 0.2) is 5.82 Å². The van der Waals surface area contributed by atoms with Crippen LogP contribution in [0, 0.1) is 0 Å². The molecule has 1 aromatic carbocycles. The molecule has 0 saturated heterocycles. The second-order valence-electron chi connectivity index (χ2n) is 3.91. The highest BCUT2D eigenvalue weighted by Crippen LogP contribution is 2.16. The molecule has 0 fully saturated rings. The molecule has 0 spiro atoms. The smallest absolute Gasteiger partial charge is 0.278 e. The van der Waals surface area contributed by atoms with Crippen LogP contribution in [0.2, 0.25) is 0 Å². The first kappa shape index (κ1) is 12.0. The minimum Gasteiger partial charge on any atom is -0.332 e. The summed E-state index contributed by atoms with van der Waals surface area (Å²) < 4.78 is 6.21. The van der Waals surface area contributed by atoms with Gasteiger partial charge in [-0.2, -0.15) is 4.98 Å². The molecule has 0 atom stereocenters. The van der Waals surface area contributed by atoms with Crippen molar-refractivity contribution < 1.29 is 4.52 Å². The molecule has 0 bridgehead atoms. The van der Waals surface area contributed by atoms with Gasteiger partial charge in [-0.05, 0) is 17.7 Å². The summed E-state index contributed by atoms with van der Waals surface area (Å²) in [5, 5.41) is 3.95. The first-order chi connectivity index (χ1) is 9.31. The van der Waals surface area contributed by atoms with Crippen molar-refractivity contribution in [1.82, 2.24) is 20.1 Å². The summed E-state index contributed by atoms with van der Waals surface area (Å²) in [5.41, 5.74) is 1.69. The Morgan fingerprint density at radius 3 is 2.95 bits per heavy atom. The van der Waals surface area contributed by atoms with Crippen molar-refractivity contribution in [3.63, 3.8) is 0 Å². The summed E-state index contributed by atoms with van der Waals surface area (Å²) in [7, 11) is 0. The van der Waals surface area contributed by atoms with E-state index in [0.717, 1.165) is 10.0 Å². The van der Waals surface area contributed by atoms with E-state index in [-0.39, 0.29) is 0 Å². The number of aromatic nitrogens is 4. The average Bonchev–Trinajstić information content (AvgIpc) is 2.88. The second kappa shape index (κ2) is 5.27. The number of nitrogens with zero attached hydrogens (tertiary/aromatic N) is 4. The van der Waals surface area contributed by atoms with Crippen molar-refractivity contribution >= 4 is 15.9 Å². The number of hydrogen-bond acceptors (Lipinski definition) is 5. The fraction of sp³-hybridized carbons (Fsp3) is 0.0769.